The fourth-order valence-electron chi connectivity index (χ4n) is 3.96. The second-order valence-corrected chi connectivity index (χ2v) is 8.01. The lowest BCUT2D eigenvalue weighted by Gasteiger charge is -2.16. The third kappa shape index (κ3) is 4.96. The lowest BCUT2D eigenvalue weighted by molar-refractivity contribution is 0.111. The van der Waals surface area contributed by atoms with Crippen molar-refractivity contribution in [2.75, 3.05) is 13.2 Å². The smallest absolute Gasteiger partial charge is 0.269 e. The zero-order valence-electron chi connectivity index (χ0n) is 19.3. The molecule has 0 radical (unpaired) electrons. The van der Waals surface area contributed by atoms with Crippen molar-refractivity contribution in [2.24, 2.45) is 0 Å². The maximum atomic E-state index is 9.32. The number of rotatable bonds is 7. The Morgan fingerprint density at radius 3 is 2.37 bits per heavy atom. The first-order chi connectivity index (χ1) is 14.1. The number of benzene rings is 1. The van der Waals surface area contributed by atoms with Crippen molar-refractivity contribution in [2.45, 2.75) is 48.0 Å². The molecule has 2 N–H and O–H groups in total. The van der Waals surface area contributed by atoms with Gasteiger partial charge in [0, 0.05) is 12.2 Å². The summed E-state index contributed by atoms with van der Waals surface area (Å²) in [7, 11) is 0. The molecule has 1 heterocycles. The Balaban J connectivity index is 2.48. The van der Waals surface area contributed by atoms with Gasteiger partial charge >= 0.3 is 0 Å². The monoisotopic (exact) mass is 405 g/mol. The van der Waals surface area contributed by atoms with Gasteiger partial charge in [0.1, 0.15) is 6.61 Å². The molecule has 0 atom stereocenters. The van der Waals surface area contributed by atoms with E-state index in [1.165, 1.54) is 33.4 Å². The highest BCUT2D eigenvalue weighted by molar-refractivity contribution is 5.78. The third-order valence-electron chi connectivity index (χ3n) is 5.90. The summed E-state index contributed by atoms with van der Waals surface area (Å²) < 4.78 is 5.26. The minimum absolute atomic E-state index is 0.244. The van der Waals surface area contributed by atoms with E-state index >= 15 is 0 Å². The summed E-state index contributed by atoms with van der Waals surface area (Å²) in [6.07, 6.45) is 2.95. The molecule has 1 aromatic rings. The molecule has 1 aliphatic heterocycles. The van der Waals surface area contributed by atoms with Crippen LogP contribution in [0.4, 0.5) is 0 Å². The van der Waals surface area contributed by atoms with Crippen LogP contribution in [0.5, 0.6) is 0 Å². The number of allylic oxidation sites excluding steroid dienone is 4. The van der Waals surface area contributed by atoms with Crippen LogP contribution in [0.1, 0.15) is 49.4 Å². The number of hydrogen-bond acceptors (Lipinski definition) is 3. The molecule has 0 aromatic heterocycles. The van der Waals surface area contributed by atoms with Crippen molar-refractivity contribution in [3.05, 3.63) is 99.7 Å². The molecule has 3 heteroatoms. The maximum absolute atomic E-state index is 9.32. The standard InChI is InChI=1S/C27H35NO2/c1-10-23(25(16(2)3)15-30-22(9)29)13-26-20(7)24(14-28-26)21(8)27-18(5)12-11-17(4)19(27)6/h11-13,28-29H,2,7,9-10,14-15H2,1,3-6,8H3/b24-21-,25-23-,26-13-. The van der Waals surface area contributed by atoms with Gasteiger partial charge in [0.25, 0.3) is 5.95 Å². The largest absolute Gasteiger partial charge is 0.481 e. The van der Waals surface area contributed by atoms with Crippen LogP contribution >= 0.6 is 0 Å². The summed E-state index contributed by atoms with van der Waals surface area (Å²) in [6.45, 7) is 25.6. The zero-order valence-corrected chi connectivity index (χ0v) is 19.3. The molecule has 1 aromatic carbocycles. The van der Waals surface area contributed by atoms with Gasteiger partial charge in [-0.05, 0) is 104 Å². The van der Waals surface area contributed by atoms with Crippen LogP contribution in [0, 0.1) is 20.8 Å². The number of hydrogen-bond donors (Lipinski definition) is 2. The number of aryl methyl sites for hydroxylation is 2. The van der Waals surface area contributed by atoms with Gasteiger partial charge < -0.3 is 15.2 Å². The molecule has 1 saturated heterocycles. The predicted molar refractivity (Wildman–Crippen MR) is 128 cm³/mol. The second kappa shape index (κ2) is 9.71. The van der Waals surface area contributed by atoms with E-state index in [4.69, 9.17) is 4.74 Å². The number of ether oxygens (including phenoxy) is 1. The Morgan fingerprint density at radius 1 is 1.17 bits per heavy atom. The number of nitrogens with one attached hydrogen (secondary N) is 1. The summed E-state index contributed by atoms with van der Waals surface area (Å²) >= 11 is 0. The van der Waals surface area contributed by atoms with Crippen molar-refractivity contribution >= 4 is 5.57 Å². The zero-order chi connectivity index (χ0) is 22.6. The Kier molecular flexibility index (Phi) is 7.55. The van der Waals surface area contributed by atoms with Gasteiger partial charge in [-0.3, -0.25) is 0 Å². The van der Waals surface area contributed by atoms with E-state index < -0.39 is 0 Å². The highest BCUT2D eigenvalue weighted by atomic mass is 16.6. The molecule has 3 nitrogen and oxygen atoms in total. The van der Waals surface area contributed by atoms with Gasteiger partial charge in [0.05, 0.1) is 0 Å². The first-order valence-electron chi connectivity index (χ1n) is 10.4. The SMILES string of the molecule is C=C(O)OC/C(C(=C)C)=C(/C=C1\NC/C(=C(\C)c2c(C)ccc(C)c2C)C1=C)CC. The highest BCUT2D eigenvalue weighted by Gasteiger charge is 2.22. The average Bonchev–Trinajstić information content (AvgIpc) is 3.04. The Morgan fingerprint density at radius 2 is 1.80 bits per heavy atom. The lowest BCUT2D eigenvalue weighted by atomic mass is 9.89. The summed E-state index contributed by atoms with van der Waals surface area (Å²) in [5, 5.41) is 12.8. The minimum Gasteiger partial charge on any atom is -0.481 e. The topological polar surface area (TPSA) is 41.5 Å². The summed E-state index contributed by atoms with van der Waals surface area (Å²) in [6, 6.07) is 4.37. The van der Waals surface area contributed by atoms with Crippen molar-refractivity contribution in [1.29, 1.82) is 0 Å². The molecular formula is C27H35NO2. The molecule has 30 heavy (non-hydrogen) atoms. The molecule has 0 amide bonds. The first-order valence-corrected chi connectivity index (χ1v) is 10.4. The van der Waals surface area contributed by atoms with Gasteiger partial charge in [-0.2, -0.15) is 0 Å². The molecule has 0 spiro atoms. The van der Waals surface area contributed by atoms with Gasteiger partial charge in [0.15, 0.2) is 0 Å². The summed E-state index contributed by atoms with van der Waals surface area (Å²) in [5.74, 6) is -0.287. The predicted octanol–water partition coefficient (Wildman–Crippen LogP) is 6.76. The quantitative estimate of drug-likeness (QED) is 0.389. The van der Waals surface area contributed by atoms with E-state index in [0.717, 1.165) is 41.0 Å². The number of aliphatic hydroxyl groups excluding tert-OH is 1. The molecule has 0 bridgehead atoms. The molecule has 160 valence electrons. The van der Waals surface area contributed by atoms with E-state index in [1.54, 1.807) is 0 Å². The summed E-state index contributed by atoms with van der Waals surface area (Å²) in [5.41, 5.74) is 12.8. The van der Waals surface area contributed by atoms with Crippen LogP contribution in [0.3, 0.4) is 0 Å². The van der Waals surface area contributed by atoms with E-state index in [0.29, 0.717) is 0 Å². The molecule has 1 fully saturated rings. The minimum atomic E-state index is -0.287. The first kappa shape index (κ1) is 23.3. The molecular weight excluding hydrogens is 370 g/mol. The van der Waals surface area contributed by atoms with Crippen LogP contribution in [0.25, 0.3) is 5.57 Å². The van der Waals surface area contributed by atoms with E-state index in [2.05, 4.69) is 77.9 Å². The van der Waals surface area contributed by atoms with Crippen LogP contribution in [0.15, 0.2) is 77.5 Å². The fraction of sp³-hybridized carbons (Fsp3) is 0.333. The molecule has 2 rings (SSSR count). The van der Waals surface area contributed by atoms with Gasteiger partial charge in [-0.25, -0.2) is 0 Å². The van der Waals surface area contributed by atoms with E-state index in [-0.39, 0.29) is 12.6 Å². The van der Waals surface area contributed by atoms with Crippen molar-refractivity contribution in [1.82, 2.24) is 5.32 Å². The summed E-state index contributed by atoms with van der Waals surface area (Å²) in [4.78, 5) is 0. The maximum Gasteiger partial charge on any atom is 0.269 e. The second-order valence-electron chi connectivity index (χ2n) is 8.01. The van der Waals surface area contributed by atoms with Crippen LogP contribution < -0.4 is 5.32 Å². The Labute approximate surface area is 181 Å². The molecule has 1 aliphatic rings. The lowest BCUT2D eigenvalue weighted by Crippen LogP contribution is -2.07. The number of aliphatic hydroxyl groups is 1. The average molecular weight is 406 g/mol. The van der Waals surface area contributed by atoms with Gasteiger partial charge in [-0.1, -0.05) is 37.8 Å². The van der Waals surface area contributed by atoms with Crippen LogP contribution in [-0.4, -0.2) is 18.3 Å². The fourth-order valence-corrected chi connectivity index (χ4v) is 3.96. The molecule has 0 aliphatic carbocycles. The van der Waals surface area contributed by atoms with E-state index in [9.17, 15) is 5.11 Å². The van der Waals surface area contributed by atoms with Crippen LogP contribution in [-0.2, 0) is 4.74 Å². The molecule has 0 unspecified atom stereocenters. The Bertz CT molecular complexity index is 986. The molecule has 0 saturated carbocycles. The van der Waals surface area contributed by atoms with Gasteiger partial charge in [-0.15, -0.1) is 0 Å². The van der Waals surface area contributed by atoms with Crippen molar-refractivity contribution < 1.29 is 9.84 Å². The van der Waals surface area contributed by atoms with Crippen LogP contribution in [0.2, 0.25) is 0 Å². The third-order valence-corrected chi connectivity index (χ3v) is 5.90. The van der Waals surface area contributed by atoms with Crippen molar-refractivity contribution in [3.63, 3.8) is 0 Å². The highest BCUT2D eigenvalue weighted by Crippen LogP contribution is 2.34. The van der Waals surface area contributed by atoms with Crippen molar-refractivity contribution in [3.8, 4) is 0 Å². The van der Waals surface area contributed by atoms with Gasteiger partial charge in [0.2, 0.25) is 0 Å². The van der Waals surface area contributed by atoms with E-state index in [1.807, 2.05) is 6.92 Å². The Hall–Kier alpha value is -2.94. The normalized spacial score (nSPS) is 17.5.